The van der Waals surface area contributed by atoms with Crippen molar-refractivity contribution in [1.29, 1.82) is 0 Å². The summed E-state index contributed by atoms with van der Waals surface area (Å²) in [6.07, 6.45) is 1.30. The molecule has 0 radical (unpaired) electrons. The highest BCUT2D eigenvalue weighted by Gasteiger charge is 2.33. The summed E-state index contributed by atoms with van der Waals surface area (Å²) in [5.41, 5.74) is 0.539. The van der Waals surface area contributed by atoms with Crippen molar-refractivity contribution >= 4 is 33.2 Å². The lowest BCUT2D eigenvalue weighted by molar-refractivity contribution is -0.120. The van der Waals surface area contributed by atoms with Gasteiger partial charge in [0.1, 0.15) is 0 Å². The number of hydrogen-bond acceptors (Lipinski definition) is 3. The Kier molecular flexibility index (Phi) is 5.42. The minimum absolute atomic E-state index is 0.174. The fourth-order valence-electron chi connectivity index (χ4n) is 2.91. The molecule has 1 atom stereocenters. The van der Waals surface area contributed by atoms with E-state index >= 15 is 0 Å². The zero-order chi connectivity index (χ0) is 17.9. The number of nitrogens with one attached hydrogen (secondary N) is 1. The Morgan fingerprint density at radius 1 is 1.08 bits per heavy atom. The first kappa shape index (κ1) is 17.9. The van der Waals surface area contributed by atoms with Gasteiger partial charge in [-0.1, -0.05) is 41.9 Å². The van der Waals surface area contributed by atoms with Gasteiger partial charge in [0.2, 0.25) is 15.9 Å². The molecular formula is C18H19ClN2O3S. The fraction of sp³-hybridized carbons (Fsp3) is 0.278. The summed E-state index contributed by atoms with van der Waals surface area (Å²) in [7, 11) is -3.58. The normalized spacial score (nSPS) is 18.7. The van der Waals surface area contributed by atoms with Crippen LogP contribution in [-0.4, -0.2) is 31.7 Å². The molecule has 7 heteroatoms. The maximum Gasteiger partial charge on any atom is 0.243 e. The molecule has 0 aromatic heterocycles. The summed E-state index contributed by atoms with van der Waals surface area (Å²) in [5, 5.41) is 3.26. The van der Waals surface area contributed by atoms with E-state index in [-0.39, 0.29) is 17.3 Å². The number of nitrogens with zero attached hydrogens (tertiary/aromatic N) is 1. The van der Waals surface area contributed by atoms with Gasteiger partial charge < -0.3 is 5.32 Å². The number of hydrogen-bond donors (Lipinski definition) is 1. The summed E-state index contributed by atoms with van der Waals surface area (Å²) in [6.45, 7) is 0.598. The van der Waals surface area contributed by atoms with Crippen molar-refractivity contribution < 1.29 is 13.2 Å². The Balaban J connectivity index is 1.73. The molecule has 0 aliphatic carbocycles. The molecule has 2 aromatic rings. The van der Waals surface area contributed by atoms with Gasteiger partial charge in [-0.3, -0.25) is 4.79 Å². The number of para-hydroxylation sites is 1. The minimum atomic E-state index is -3.58. The molecule has 1 aliphatic heterocycles. The van der Waals surface area contributed by atoms with Crippen molar-refractivity contribution in [3.8, 4) is 0 Å². The Morgan fingerprint density at radius 3 is 2.48 bits per heavy atom. The Labute approximate surface area is 152 Å². The fourth-order valence-corrected chi connectivity index (χ4v) is 4.64. The lowest BCUT2D eigenvalue weighted by Crippen LogP contribution is -2.43. The zero-order valence-electron chi connectivity index (χ0n) is 13.6. The highest BCUT2D eigenvalue weighted by atomic mass is 35.5. The van der Waals surface area contributed by atoms with E-state index < -0.39 is 15.9 Å². The van der Waals surface area contributed by atoms with Gasteiger partial charge in [-0.15, -0.1) is 0 Å². The van der Waals surface area contributed by atoms with Crippen LogP contribution in [-0.2, 0) is 14.8 Å². The molecule has 1 saturated heterocycles. The number of rotatable bonds is 4. The Hall–Kier alpha value is -1.89. The molecule has 3 rings (SSSR count). The van der Waals surface area contributed by atoms with Crippen molar-refractivity contribution in [2.45, 2.75) is 17.7 Å². The van der Waals surface area contributed by atoms with Gasteiger partial charge in [-0.2, -0.15) is 4.31 Å². The molecule has 1 N–H and O–H groups in total. The predicted molar refractivity (Wildman–Crippen MR) is 98.0 cm³/mol. The van der Waals surface area contributed by atoms with Crippen LogP contribution in [0, 0.1) is 5.92 Å². The lowest BCUT2D eigenvalue weighted by Gasteiger charge is -2.31. The van der Waals surface area contributed by atoms with E-state index in [2.05, 4.69) is 5.32 Å². The molecule has 1 aliphatic rings. The average molecular weight is 379 g/mol. The van der Waals surface area contributed by atoms with Gasteiger partial charge in [0, 0.05) is 13.1 Å². The summed E-state index contributed by atoms with van der Waals surface area (Å²) in [5.74, 6) is -0.607. The molecule has 25 heavy (non-hydrogen) atoms. The van der Waals surface area contributed by atoms with Crippen LogP contribution in [0.2, 0.25) is 5.02 Å². The van der Waals surface area contributed by atoms with Crippen LogP contribution in [0.25, 0.3) is 0 Å². The SMILES string of the molecule is O=C(Nc1ccccc1Cl)[C@@H]1CCCN(S(=O)(=O)c2ccccc2)C1. The zero-order valence-corrected chi connectivity index (χ0v) is 15.1. The van der Waals surface area contributed by atoms with Crippen molar-refractivity contribution in [2.24, 2.45) is 5.92 Å². The van der Waals surface area contributed by atoms with Gasteiger partial charge in [-0.05, 0) is 37.1 Å². The van der Waals surface area contributed by atoms with Crippen LogP contribution in [0.5, 0.6) is 0 Å². The van der Waals surface area contributed by atoms with E-state index in [9.17, 15) is 13.2 Å². The number of amides is 1. The van der Waals surface area contributed by atoms with Gasteiger partial charge >= 0.3 is 0 Å². The minimum Gasteiger partial charge on any atom is -0.324 e. The second-order valence-corrected chi connectivity index (χ2v) is 8.33. The highest BCUT2D eigenvalue weighted by molar-refractivity contribution is 7.89. The quantitative estimate of drug-likeness (QED) is 0.886. The number of carbonyl (C=O) groups is 1. The largest absolute Gasteiger partial charge is 0.324 e. The molecule has 0 saturated carbocycles. The first-order valence-corrected chi connectivity index (χ1v) is 9.91. The molecule has 1 amide bonds. The Morgan fingerprint density at radius 2 is 1.76 bits per heavy atom. The van der Waals surface area contributed by atoms with E-state index in [0.717, 1.165) is 0 Å². The number of sulfonamides is 1. The number of benzene rings is 2. The molecular weight excluding hydrogens is 360 g/mol. The van der Waals surface area contributed by atoms with Gasteiger partial charge in [0.15, 0.2) is 0 Å². The number of piperidine rings is 1. The lowest BCUT2D eigenvalue weighted by atomic mass is 9.99. The van der Waals surface area contributed by atoms with Crippen LogP contribution in [0.15, 0.2) is 59.5 Å². The van der Waals surface area contributed by atoms with Crippen molar-refractivity contribution in [2.75, 3.05) is 18.4 Å². The van der Waals surface area contributed by atoms with E-state index in [1.54, 1.807) is 54.6 Å². The molecule has 1 heterocycles. The Bertz CT molecular complexity index is 856. The van der Waals surface area contributed by atoms with Crippen molar-refractivity contribution in [3.63, 3.8) is 0 Å². The van der Waals surface area contributed by atoms with Crippen molar-refractivity contribution in [1.82, 2.24) is 4.31 Å². The van der Waals surface area contributed by atoms with Gasteiger partial charge in [-0.25, -0.2) is 8.42 Å². The number of carbonyl (C=O) groups excluding carboxylic acids is 1. The monoisotopic (exact) mass is 378 g/mol. The second-order valence-electron chi connectivity index (χ2n) is 5.98. The molecule has 0 unspecified atom stereocenters. The third-order valence-electron chi connectivity index (χ3n) is 4.27. The maximum atomic E-state index is 12.7. The molecule has 2 aromatic carbocycles. The van der Waals surface area contributed by atoms with Crippen LogP contribution in [0.1, 0.15) is 12.8 Å². The molecule has 0 spiro atoms. The van der Waals surface area contributed by atoms with Gasteiger partial charge in [0.05, 0.1) is 21.5 Å². The maximum absolute atomic E-state index is 12.7. The van der Waals surface area contributed by atoms with Crippen LogP contribution < -0.4 is 5.32 Å². The van der Waals surface area contributed by atoms with Crippen molar-refractivity contribution in [3.05, 3.63) is 59.6 Å². The van der Waals surface area contributed by atoms with E-state index in [4.69, 9.17) is 11.6 Å². The van der Waals surface area contributed by atoms with Gasteiger partial charge in [0.25, 0.3) is 0 Å². The highest BCUT2D eigenvalue weighted by Crippen LogP contribution is 2.26. The molecule has 0 bridgehead atoms. The molecule has 5 nitrogen and oxygen atoms in total. The number of halogens is 1. The third kappa shape index (κ3) is 4.03. The third-order valence-corrected chi connectivity index (χ3v) is 6.48. The summed E-state index contributed by atoms with van der Waals surface area (Å²) < 4.78 is 26.9. The summed E-state index contributed by atoms with van der Waals surface area (Å²) in [6, 6.07) is 15.3. The smallest absolute Gasteiger partial charge is 0.243 e. The summed E-state index contributed by atoms with van der Waals surface area (Å²) in [4.78, 5) is 12.8. The van der Waals surface area contributed by atoms with E-state index in [1.165, 1.54) is 4.31 Å². The van der Waals surface area contributed by atoms with E-state index in [0.29, 0.717) is 30.1 Å². The van der Waals surface area contributed by atoms with Crippen LogP contribution in [0.3, 0.4) is 0 Å². The first-order valence-electron chi connectivity index (χ1n) is 8.09. The van der Waals surface area contributed by atoms with Crippen LogP contribution in [0.4, 0.5) is 5.69 Å². The summed E-state index contributed by atoms with van der Waals surface area (Å²) >= 11 is 6.07. The first-order chi connectivity index (χ1) is 12.0. The van der Waals surface area contributed by atoms with E-state index in [1.807, 2.05) is 0 Å². The van der Waals surface area contributed by atoms with Crippen LogP contribution >= 0.6 is 11.6 Å². The predicted octanol–water partition coefficient (Wildman–Crippen LogP) is 3.38. The standard InChI is InChI=1S/C18H19ClN2O3S/c19-16-10-4-5-11-17(16)20-18(22)14-7-6-12-21(13-14)25(23,24)15-8-2-1-3-9-15/h1-5,8-11,14H,6-7,12-13H2,(H,20,22)/t14-/m1/s1. The molecule has 132 valence electrons. The topological polar surface area (TPSA) is 66.5 Å². The molecule has 1 fully saturated rings. The second kappa shape index (κ2) is 7.56. The average Bonchev–Trinajstić information content (AvgIpc) is 2.64. The number of anilines is 1.